The molecule has 0 radical (unpaired) electrons. The van der Waals surface area contributed by atoms with Crippen molar-refractivity contribution in [1.29, 1.82) is 0 Å². The van der Waals surface area contributed by atoms with Gasteiger partial charge in [-0.3, -0.25) is 0 Å². The van der Waals surface area contributed by atoms with E-state index >= 15 is 0 Å². The molecule has 0 bridgehead atoms. The largest absolute Gasteiger partial charge is 0.478 e. The number of alkyl halides is 2. The lowest BCUT2D eigenvalue weighted by atomic mass is 10.0. The lowest BCUT2D eigenvalue weighted by Gasteiger charge is -2.06. The molecule has 1 aromatic carbocycles. The predicted molar refractivity (Wildman–Crippen MR) is 72.3 cm³/mol. The molecule has 0 saturated heterocycles. The molecular formula is C14H10F2N2O4. The minimum absolute atomic E-state index is 0.0558. The number of aromatic nitrogens is 2. The standard InChI is InChI=1S/C14H10F2N2O4/c1-2-7-11-9(5-17-18-7)21-12-8(22-14(15)16)4-3-6(10(11)12)13(19)20/h3-5,14H,2H2,1H3,(H,19,20). The number of hydrogen-bond acceptors (Lipinski definition) is 5. The number of aromatic carboxylic acids is 1. The molecule has 0 unspecified atom stereocenters. The number of benzene rings is 1. The maximum Gasteiger partial charge on any atom is 0.387 e. The van der Waals surface area contributed by atoms with Crippen molar-refractivity contribution in [1.82, 2.24) is 10.2 Å². The smallest absolute Gasteiger partial charge is 0.387 e. The molecule has 114 valence electrons. The Hall–Kier alpha value is -2.77. The molecule has 0 amide bonds. The van der Waals surface area contributed by atoms with E-state index in [0.717, 1.165) is 6.07 Å². The molecule has 3 rings (SSSR count). The number of carboxylic acid groups (broad SMARTS) is 1. The number of hydrogen-bond donors (Lipinski definition) is 1. The Balaban J connectivity index is 2.46. The van der Waals surface area contributed by atoms with Crippen LogP contribution in [0.25, 0.3) is 21.9 Å². The third-order valence-corrected chi connectivity index (χ3v) is 3.25. The third kappa shape index (κ3) is 2.12. The van der Waals surface area contributed by atoms with E-state index in [1.165, 1.54) is 12.3 Å². The van der Waals surface area contributed by atoms with Crippen LogP contribution in [0.15, 0.2) is 22.7 Å². The Labute approximate surface area is 122 Å². The monoisotopic (exact) mass is 308 g/mol. The summed E-state index contributed by atoms with van der Waals surface area (Å²) in [6.07, 6.45) is 1.80. The Morgan fingerprint density at radius 1 is 1.41 bits per heavy atom. The maximum absolute atomic E-state index is 12.5. The van der Waals surface area contributed by atoms with Crippen molar-refractivity contribution in [3.8, 4) is 5.75 Å². The lowest BCUT2D eigenvalue weighted by Crippen LogP contribution is -2.04. The Bertz CT molecular complexity index is 876. The number of furan rings is 1. The van der Waals surface area contributed by atoms with Gasteiger partial charge >= 0.3 is 12.6 Å². The highest BCUT2D eigenvalue weighted by Crippen LogP contribution is 2.38. The van der Waals surface area contributed by atoms with Crippen molar-refractivity contribution in [2.45, 2.75) is 20.0 Å². The molecule has 0 spiro atoms. The first-order valence-corrected chi connectivity index (χ1v) is 6.40. The number of aryl methyl sites for hydroxylation is 1. The molecule has 0 aliphatic carbocycles. The maximum atomic E-state index is 12.5. The van der Waals surface area contributed by atoms with E-state index in [1.54, 1.807) is 0 Å². The highest BCUT2D eigenvalue weighted by Gasteiger charge is 2.23. The van der Waals surface area contributed by atoms with Gasteiger partial charge in [-0.2, -0.15) is 19.0 Å². The van der Waals surface area contributed by atoms with Gasteiger partial charge < -0.3 is 14.3 Å². The van der Waals surface area contributed by atoms with Gasteiger partial charge in [-0.25, -0.2) is 4.79 Å². The van der Waals surface area contributed by atoms with Crippen LogP contribution in [0, 0.1) is 0 Å². The van der Waals surface area contributed by atoms with Crippen LogP contribution < -0.4 is 4.74 Å². The molecular weight excluding hydrogens is 298 g/mol. The van der Waals surface area contributed by atoms with Crippen LogP contribution in [0.2, 0.25) is 0 Å². The van der Waals surface area contributed by atoms with E-state index < -0.39 is 12.6 Å². The van der Waals surface area contributed by atoms with Crippen LogP contribution >= 0.6 is 0 Å². The summed E-state index contributed by atoms with van der Waals surface area (Å²) in [5, 5.41) is 17.7. The summed E-state index contributed by atoms with van der Waals surface area (Å²) in [5.41, 5.74) is 0.667. The highest BCUT2D eigenvalue weighted by atomic mass is 19.3. The van der Waals surface area contributed by atoms with E-state index in [2.05, 4.69) is 14.9 Å². The van der Waals surface area contributed by atoms with Gasteiger partial charge in [0.05, 0.1) is 22.8 Å². The second kappa shape index (κ2) is 5.21. The number of ether oxygens (including phenoxy) is 1. The summed E-state index contributed by atoms with van der Waals surface area (Å²) in [4.78, 5) is 11.4. The fraction of sp³-hybridized carbons (Fsp3) is 0.214. The SMILES string of the molecule is CCc1nncc2oc3c(OC(F)F)ccc(C(=O)O)c3c12. The van der Waals surface area contributed by atoms with Crippen molar-refractivity contribution in [3.63, 3.8) is 0 Å². The minimum atomic E-state index is -3.05. The van der Waals surface area contributed by atoms with Crippen molar-refractivity contribution in [2.75, 3.05) is 0 Å². The van der Waals surface area contributed by atoms with E-state index in [1.807, 2.05) is 6.92 Å². The average Bonchev–Trinajstić information content (AvgIpc) is 2.86. The van der Waals surface area contributed by atoms with E-state index in [9.17, 15) is 18.7 Å². The normalized spacial score (nSPS) is 11.5. The van der Waals surface area contributed by atoms with Crippen molar-refractivity contribution in [3.05, 3.63) is 29.6 Å². The van der Waals surface area contributed by atoms with Gasteiger partial charge in [0.15, 0.2) is 16.9 Å². The van der Waals surface area contributed by atoms with Gasteiger partial charge in [0.1, 0.15) is 0 Å². The Morgan fingerprint density at radius 3 is 2.82 bits per heavy atom. The molecule has 3 aromatic rings. The topological polar surface area (TPSA) is 85.5 Å². The second-order valence-corrected chi connectivity index (χ2v) is 4.49. The van der Waals surface area contributed by atoms with Crippen LogP contribution in [-0.2, 0) is 6.42 Å². The zero-order valence-electron chi connectivity index (χ0n) is 11.3. The molecule has 0 aliphatic rings. The summed E-state index contributed by atoms with van der Waals surface area (Å²) in [6.45, 7) is -1.23. The van der Waals surface area contributed by atoms with Crippen LogP contribution in [-0.4, -0.2) is 27.9 Å². The molecule has 0 fully saturated rings. The van der Waals surface area contributed by atoms with Gasteiger partial charge in [0.2, 0.25) is 0 Å². The zero-order valence-corrected chi connectivity index (χ0v) is 11.3. The number of rotatable bonds is 4. The van der Waals surface area contributed by atoms with Crippen LogP contribution in [0.5, 0.6) is 5.75 Å². The first-order valence-electron chi connectivity index (χ1n) is 6.40. The Morgan fingerprint density at radius 2 is 2.18 bits per heavy atom. The minimum Gasteiger partial charge on any atom is -0.478 e. The molecule has 1 N–H and O–H groups in total. The second-order valence-electron chi connectivity index (χ2n) is 4.49. The number of nitrogens with zero attached hydrogens (tertiary/aromatic N) is 2. The summed E-state index contributed by atoms with van der Waals surface area (Å²) >= 11 is 0. The fourth-order valence-electron chi connectivity index (χ4n) is 2.39. The molecule has 0 atom stereocenters. The first kappa shape index (κ1) is 14.2. The highest BCUT2D eigenvalue weighted by molar-refractivity contribution is 6.16. The number of carbonyl (C=O) groups is 1. The van der Waals surface area contributed by atoms with E-state index in [4.69, 9.17) is 4.42 Å². The molecule has 0 saturated carbocycles. The van der Waals surface area contributed by atoms with Crippen LogP contribution in [0.3, 0.4) is 0 Å². The predicted octanol–water partition coefficient (Wildman–Crippen LogP) is 3.24. The Kier molecular flexibility index (Phi) is 3.36. The van der Waals surface area contributed by atoms with Crippen molar-refractivity contribution >= 4 is 27.9 Å². The van der Waals surface area contributed by atoms with E-state index in [0.29, 0.717) is 17.5 Å². The van der Waals surface area contributed by atoms with Gasteiger partial charge in [-0.15, -0.1) is 0 Å². The third-order valence-electron chi connectivity index (χ3n) is 3.25. The van der Waals surface area contributed by atoms with Crippen molar-refractivity contribution < 1.29 is 27.8 Å². The summed E-state index contributed by atoms with van der Waals surface area (Å²) in [5.74, 6) is -1.43. The van der Waals surface area contributed by atoms with Gasteiger partial charge in [-0.1, -0.05) is 6.92 Å². The number of fused-ring (bicyclic) bond motifs is 3. The van der Waals surface area contributed by atoms with Gasteiger partial charge in [-0.05, 0) is 18.6 Å². The van der Waals surface area contributed by atoms with Crippen LogP contribution in [0.4, 0.5) is 8.78 Å². The van der Waals surface area contributed by atoms with Crippen LogP contribution in [0.1, 0.15) is 23.0 Å². The molecule has 2 aromatic heterocycles. The van der Waals surface area contributed by atoms with Gasteiger partial charge in [0.25, 0.3) is 0 Å². The molecule has 22 heavy (non-hydrogen) atoms. The van der Waals surface area contributed by atoms with Gasteiger partial charge in [0, 0.05) is 5.39 Å². The molecule has 8 heteroatoms. The summed E-state index contributed by atoms with van der Waals surface area (Å²) in [7, 11) is 0. The summed E-state index contributed by atoms with van der Waals surface area (Å²) < 4.78 is 34.9. The fourth-order valence-corrected chi connectivity index (χ4v) is 2.39. The first-order chi connectivity index (χ1) is 10.5. The summed E-state index contributed by atoms with van der Waals surface area (Å²) in [6, 6.07) is 2.35. The lowest BCUT2D eigenvalue weighted by molar-refractivity contribution is -0.0493. The average molecular weight is 308 g/mol. The quantitative estimate of drug-likeness (QED) is 0.796. The molecule has 6 nitrogen and oxygen atoms in total. The number of carboxylic acids is 1. The molecule has 0 aliphatic heterocycles. The molecule has 2 heterocycles. The zero-order chi connectivity index (χ0) is 15.9. The van der Waals surface area contributed by atoms with Crippen molar-refractivity contribution in [2.24, 2.45) is 0 Å². The van der Waals surface area contributed by atoms with E-state index in [-0.39, 0.29) is 27.9 Å². The number of halogens is 2.